The lowest BCUT2D eigenvalue weighted by Gasteiger charge is -2.23. The summed E-state index contributed by atoms with van der Waals surface area (Å²) in [6.07, 6.45) is 0. The van der Waals surface area contributed by atoms with Crippen LogP contribution in [0.4, 0.5) is 0 Å². The second-order valence-electron chi connectivity index (χ2n) is 6.33. The maximum Gasteiger partial charge on any atom is 0.235 e. The van der Waals surface area contributed by atoms with Crippen molar-refractivity contribution in [1.82, 2.24) is 19.7 Å². The largest absolute Gasteiger partial charge is 0.383 e. The zero-order chi connectivity index (χ0) is 18.4. The molecule has 25 heavy (non-hydrogen) atoms. The highest BCUT2D eigenvalue weighted by atomic mass is 32.2. The van der Waals surface area contributed by atoms with Crippen LogP contribution in [0.2, 0.25) is 0 Å². The van der Waals surface area contributed by atoms with E-state index in [0.29, 0.717) is 13.2 Å². The molecule has 0 saturated heterocycles. The summed E-state index contributed by atoms with van der Waals surface area (Å²) in [5.74, 6) is 1.06. The van der Waals surface area contributed by atoms with E-state index < -0.39 is 0 Å². The summed E-state index contributed by atoms with van der Waals surface area (Å²) >= 11 is 1.47. The van der Waals surface area contributed by atoms with E-state index in [1.807, 2.05) is 48.7 Å². The number of thioether (sulfide) groups is 1. The lowest BCUT2D eigenvalue weighted by molar-refractivity contribution is -0.128. The van der Waals surface area contributed by atoms with Gasteiger partial charge in [0.15, 0.2) is 11.0 Å². The van der Waals surface area contributed by atoms with Crippen molar-refractivity contribution in [2.75, 3.05) is 27.8 Å². The topological polar surface area (TPSA) is 60.2 Å². The van der Waals surface area contributed by atoms with E-state index in [1.54, 1.807) is 26.1 Å². The van der Waals surface area contributed by atoms with E-state index >= 15 is 0 Å². The Balaban J connectivity index is 2.36. The molecule has 1 atom stereocenters. The lowest BCUT2D eigenvalue weighted by atomic mass is 10.1. The van der Waals surface area contributed by atoms with Crippen molar-refractivity contribution in [2.24, 2.45) is 5.92 Å². The molecule has 2 rings (SSSR count). The molecule has 0 fully saturated rings. The van der Waals surface area contributed by atoms with Gasteiger partial charge in [0.2, 0.25) is 5.91 Å². The summed E-state index contributed by atoms with van der Waals surface area (Å²) in [7, 11) is 5.23. The van der Waals surface area contributed by atoms with Gasteiger partial charge in [-0.05, 0) is 5.92 Å². The van der Waals surface area contributed by atoms with Crippen LogP contribution in [0.25, 0.3) is 11.4 Å². The Morgan fingerprint density at radius 3 is 2.48 bits per heavy atom. The van der Waals surface area contributed by atoms with Crippen LogP contribution in [-0.2, 0) is 16.1 Å². The maximum atomic E-state index is 12.5. The molecule has 0 aliphatic heterocycles. The fourth-order valence-electron chi connectivity index (χ4n) is 2.40. The minimum atomic E-state index is -0.205. The summed E-state index contributed by atoms with van der Waals surface area (Å²) in [5.41, 5.74) is 0.998. The summed E-state index contributed by atoms with van der Waals surface area (Å²) in [4.78, 5) is 14.1. The Labute approximate surface area is 153 Å². The Bertz CT molecular complexity index is 686. The summed E-state index contributed by atoms with van der Waals surface area (Å²) < 4.78 is 7.27. The number of amides is 1. The third-order valence-corrected chi connectivity index (χ3v) is 5.30. The number of nitrogens with zero attached hydrogens (tertiary/aromatic N) is 4. The number of methoxy groups -OCH3 is 1. The first-order valence-electron chi connectivity index (χ1n) is 8.31. The highest BCUT2D eigenvalue weighted by molar-refractivity contribution is 8.00. The van der Waals surface area contributed by atoms with E-state index in [4.69, 9.17) is 4.74 Å². The number of aromatic nitrogens is 3. The molecule has 0 saturated carbocycles. The molecule has 1 amide bonds. The summed E-state index contributed by atoms with van der Waals surface area (Å²) in [5, 5.41) is 9.26. The van der Waals surface area contributed by atoms with Gasteiger partial charge in [-0.3, -0.25) is 9.36 Å². The van der Waals surface area contributed by atoms with Gasteiger partial charge >= 0.3 is 0 Å². The average Bonchev–Trinajstić information content (AvgIpc) is 3.00. The van der Waals surface area contributed by atoms with Crippen LogP contribution in [0.3, 0.4) is 0 Å². The summed E-state index contributed by atoms with van der Waals surface area (Å²) in [6, 6.07) is 9.94. The van der Waals surface area contributed by atoms with E-state index in [0.717, 1.165) is 16.5 Å². The molecule has 0 aliphatic carbocycles. The molecule has 0 radical (unpaired) electrons. The van der Waals surface area contributed by atoms with Gasteiger partial charge in [-0.25, -0.2) is 0 Å². The van der Waals surface area contributed by atoms with Crippen molar-refractivity contribution in [3.63, 3.8) is 0 Å². The molecule has 0 N–H and O–H groups in total. The van der Waals surface area contributed by atoms with Crippen molar-refractivity contribution in [1.29, 1.82) is 0 Å². The first-order chi connectivity index (χ1) is 12.0. The average molecular weight is 362 g/mol. The Kier molecular flexibility index (Phi) is 7.01. The molecule has 2 aromatic rings. The Morgan fingerprint density at radius 1 is 1.24 bits per heavy atom. The van der Waals surface area contributed by atoms with Gasteiger partial charge in [-0.2, -0.15) is 0 Å². The van der Waals surface area contributed by atoms with Crippen LogP contribution in [0.1, 0.15) is 13.8 Å². The first kappa shape index (κ1) is 19.5. The molecule has 1 heterocycles. The van der Waals surface area contributed by atoms with Crippen LogP contribution in [0.5, 0.6) is 0 Å². The van der Waals surface area contributed by atoms with Gasteiger partial charge in [0.1, 0.15) is 0 Å². The second-order valence-corrected chi connectivity index (χ2v) is 7.44. The minimum absolute atomic E-state index is 0.0857. The predicted octanol–water partition coefficient (Wildman–Crippen LogP) is 2.80. The number of benzene rings is 1. The molecule has 0 aliphatic rings. The van der Waals surface area contributed by atoms with Gasteiger partial charge < -0.3 is 9.64 Å². The number of carbonyl (C=O) groups excluding carboxylic acids is 1. The number of ether oxygens (including phenoxy) is 1. The Morgan fingerprint density at radius 2 is 1.92 bits per heavy atom. The van der Waals surface area contributed by atoms with Gasteiger partial charge in [-0.1, -0.05) is 55.9 Å². The van der Waals surface area contributed by atoms with Crippen molar-refractivity contribution < 1.29 is 9.53 Å². The molecule has 0 bridgehead atoms. The fourth-order valence-corrected chi connectivity index (χ4v) is 3.60. The highest BCUT2D eigenvalue weighted by Gasteiger charge is 2.28. The molecular formula is C18H26N4O2S. The normalized spacial score (nSPS) is 12.4. The number of rotatable bonds is 8. The minimum Gasteiger partial charge on any atom is -0.383 e. The molecule has 0 spiro atoms. The quantitative estimate of drug-likeness (QED) is 0.676. The number of hydrogen-bond acceptors (Lipinski definition) is 5. The van der Waals surface area contributed by atoms with E-state index in [-0.39, 0.29) is 17.1 Å². The zero-order valence-corrected chi connectivity index (χ0v) is 16.3. The zero-order valence-electron chi connectivity index (χ0n) is 15.5. The SMILES string of the molecule is COCCn1c(SC(C(=O)N(C)C)C(C)C)nnc1-c1ccccc1. The van der Waals surface area contributed by atoms with Crippen LogP contribution in [0.15, 0.2) is 35.5 Å². The smallest absolute Gasteiger partial charge is 0.235 e. The first-order valence-corrected chi connectivity index (χ1v) is 9.19. The number of hydrogen-bond donors (Lipinski definition) is 0. The molecule has 1 unspecified atom stereocenters. The van der Waals surface area contributed by atoms with Crippen molar-refractivity contribution in [3.05, 3.63) is 30.3 Å². The second kappa shape index (κ2) is 9.01. The van der Waals surface area contributed by atoms with Crippen LogP contribution in [0, 0.1) is 5.92 Å². The van der Waals surface area contributed by atoms with Gasteiger partial charge in [0.25, 0.3) is 0 Å². The number of carbonyl (C=O) groups is 1. The van der Waals surface area contributed by atoms with Gasteiger partial charge in [0, 0.05) is 26.8 Å². The molecule has 6 nitrogen and oxygen atoms in total. The standard InChI is InChI=1S/C18H26N4O2S/c1-13(2)15(17(23)21(3)4)25-18-20-19-16(22(18)11-12-24-5)14-9-7-6-8-10-14/h6-10,13,15H,11-12H2,1-5H3. The monoisotopic (exact) mass is 362 g/mol. The van der Waals surface area contributed by atoms with Crippen LogP contribution < -0.4 is 0 Å². The Hall–Kier alpha value is -1.86. The van der Waals surface area contributed by atoms with E-state index in [2.05, 4.69) is 10.2 Å². The molecular weight excluding hydrogens is 336 g/mol. The van der Waals surface area contributed by atoms with Crippen molar-refractivity contribution in [3.8, 4) is 11.4 Å². The lowest BCUT2D eigenvalue weighted by Crippen LogP contribution is -2.35. The summed E-state index contributed by atoms with van der Waals surface area (Å²) in [6.45, 7) is 5.29. The third kappa shape index (κ3) is 4.83. The van der Waals surface area contributed by atoms with Crippen molar-refractivity contribution in [2.45, 2.75) is 30.8 Å². The van der Waals surface area contributed by atoms with Crippen LogP contribution in [-0.4, -0.2) is 58.6 Å². The predicted molar refractivity (Wildman–Crippen MR) is 101 cm³/mol. The molecule has 136 valence electrons. The van der Waals surface area contributed by atoms with Crippen molar-refractivity contribution >= 4 is 17.7 Å². The van der Waals surface area contributed by atoms with Crippen LogP contribution >= 0.6 is 11.8 Å². The van der Waals surface area contributed by atoms with Gasteiger partial charge in [0.05, 0.1) is 18.4 Å². The highest BCUT2D eigenvalue weighted by Crippen LogP contribution is 2.30. The van der Waals surface area contributed by atoms with E-state index in [1.165, 1.54) is 11.8 Å². The maximum absolute atomic E-state index is 12.5. The molecule has 1 aromatic heterocycles. The van der Waals surface area contributed by atoms with Gasteiger partial charge in [-0.15, -0.1) is 10.2 Å². The molecule has 7 heteroatoms. The third-order valence-electron chi connectivity index (χ3n) is 3.79. The fraction of sp³-hybridized carbons (Fsp3) is 0.500. The van der Waals surface area contributed by atoms with E-state index in [9.17, 15) is 4.79 Å². The molecule has 1 aromatic carbocycles.